The van der Waals surface area contributed by atoms with Gasteiger partial charge in [0, 0.05) is 25.5 Å². The highest BCUT2D eigenvalue weighted by Gasteiger charge is 2.30. The summed E-state index contributed by atoms with van der Waals surface area (Å²) in [6.07, 6.45) is -5.57. The molecule has 5 nitrogen and oxygen atoms in total. The molecule has 0 heterocycles. The van der Waals surface area contributed by atoms with Gasteiger partial charge in [0.1, 0.15) is 0 Å². The van der Waals surface area contributed by atoms with Crippen molar-refractivity contribution in [1.82, 2.24) is 0 Å². The molecule has 1 amide bonds. The van der Waals surface area contributed by atoms with Crippen LogP contribution in [0.3, 0.4) is 0 Å². The van der Waals surface area contributed by atoms with E-state index in [4.69, 9.17) is 4.74 Å². The molecule has 0 aromatic heterocycles. The summed E-state index contributed by atoms with van der Waals surface area (Å²) in [5.41, 5.74) is 0.543. The molecule has 1 N–H and O–H groups in total. The number of amides is 1. The second-order valence-electron chi connectivity index (χ2n) is 6.05. The SMILES string of the molecule is C[C@@H](OC(=O)c1ccc(N(C)C)cc1)C(=O)Nc1ccc(C(F)(F)F)cc1. The number of alkyl halides is 3. The van der Waals surface area contributed by atoms with Gasteiger partial charge in [-0.1, -0.05) is 0 Å². The highest BCUT2D eigenvalue weighted by Crippen LogP contribution is 2.29. The molecule has 144 valence electrons. The van der Waals surface area contributed by atoms with Crippen molar-refractivity contribution >= 4 is 23.3 Å². The van der Waals surface area contributed by atoms with Gasteiger partial charge in [0.25, 0.3) is 5.91 Å². The first-order valence-electron chi connectivity index (χ1n) is 8.04. The molecule has 2 aromatic carbocycles. The summed E-state index contributed by atoms with van der Waals surface area (Å²) in [5, 5.41) is 2.41. The molecule has 1 atom stereocenters. The quantitative estimate of drug-likeness (QED) is 0.798. The Bertz CT molecular complexity index is 800. The Kier molecular flexibility index (Phi) is 6.09. The van der Waals surface area contributed by atoms with Gasteiger partial charge < -0.3 is 15.0 Å². The van der Waals surface area contributed by atoms with Crippen LogP contribution in [0.15, 0.2) is 48.5 Å². The van der Waals surface area contributed by atoms with E-state index in [0.29, 0.717) is 0 Å². The Hall–Kier alpha value is -3.03. The lowest BCUT2D eigenvalue weighted by molar-refractivity contribution is -0.137. The van der Waals surface area contributed by atoms with Gasteiger partial charge in [-0.3, -0.25) is 4.79 Å². The Balaban J connectivity index is 1.95. The van der Waals surface area contributed by atoms with Crippen molar-refractivity contribution in [2.45, 2.75) is 19.2 Å². The number of benzene rings is 2. The van der Waals surface area contributed by atoms with Crippen LogP contribution >= 0.6 is 0 Å². The van der Waals surface area contributed by atoms with Crippen molar-refractivity contribution in [3.05, 3.63) is 59.7 Å². The maximum absolute atomic E-state index is 12.5. The third kappa shape index (κ3) is 5.47. The van der Waals surface area contributed by atoms with Crippen LogP contribution in [0.25, 0.3) is 0 Å². The number of nitrogens with zero attached hydrogens (tertiary/aromatic N) is 1. The topological polar surface area (TPSA) is 58.6 Å². The molecule has 0 aliphatic rings. The standard InChI is InChI=1S/C19H19F3N2O3/c1-12(27-18(26)13-4-10-16(11-5-13)24(2)3)17(25)23-15-8-6-14(7-9-15)19(20,21)22/h4-12H,1-3H3,(H,23,25)/t12-/m1/s1. The number of esters is 1. The summed E-state index contributed by atoms with van der Waals surface area (Å²) in [6.45, 7) is 1.38. The minimum absolute atomic E-state index is 0.172. The molecule has 0 fully saturated rings. The Morgan fingerprint density at radius 2 is 1.56 bits per heavy atom. The summed E-state index contributed by atoms with van der Waals surface area (Å²) in [6, 6.07) is 10.6. The summed E-state index contributed by atoms with van der Waals surface area (Å²) < 4.78 is 42.7. The zero-order chi connectivity index (χ0) is 20.2. The lowest BCUT2D eigenvalue weighted by Crippen LogP contribution is -2.30. The second kappa shape index (κ2) is 8.11. The van der Waals surface area contributed by atoms with Gasteiger partial charge in [-0.2, -0.15) is 13.2 Å². The number of anilines is 2. The van der Waals surface area contributed by atoms with Gasteiger partial charge in [0.05, 0.1) is 11.1 Å². The smallest absolute Gasteiger partial charge is 0.416 e. The predicted molar refractivity (Wildman–Crippen MR) is 95.7 cm³/mol. The van der Waals surface area contributed by atoms with Crippen LogP contribution in [0.1, 0.15) is 22.8 Å². The van der Waals surface area contributed by atoms with E-state index in [1.807, 2.05) is 19.0 Å². The fraction of sp³-hybridized carbons (Fsp3) is 0.263. The number of hydrogen-bond donors (Lipinski definition) is 1. The maximum Gasteiger partial charge on any atom is 0.416 e. The molecule has 0 aliphatic carbocycles. The summed E-state index contributed by atoms with van der Waals surface area (Å²) in [5.74, 6) is -1.32. The first-order chi connectivity index (χ1) is 12.6. The van der Waals surface area contributed by atoms with Crippen molar-refractivity contribution in [2.75, 3.05) is 24.3 Å². The monoisotopic (exact) mass is 380 g/mol. The van der Waals surface area contributed by atoms with Crippen molar-refractivity contribution in [1.29, 1.82) is 0 Å². The van der Waals surface area contributed by atoms with Crippen molar-refractivity contribution < 1.29 is 27.5 Å². The minimum Gasteiger partial charge on any atom is -0.449 e. The molecule has 0 saturated carbocycles. The first kappa shape index (κ1) is 20.3. The van der Waals surface area contributed by atoms with Gasteiger partial charge >= 0.3 is 12.1 Å². The number of halogens is 3. The number of carbonyl (C=O) groups is 2. The van der Waals surface area contributed by atoms with E-state index in [1.54, 1.807) is 24.3 Å². The molecule has 0 radical (unpaired) electrons. The number of rotatable bonds is 5. The minimum atomic E-state index is -4.45. The van der Waals surface area contributed by atoms with E-state index in [1.165, 1.54) is 6.92 Å². The van der Waals surface area contributed by atoms with E-state index in [0.717, 1.165) is 30.0 Å². The Labute approximate surface area is 154 Å². The molecular weight excluding hydrogens is 361 g/mol. The van der Waals surface area contributed by atoms with Crippen LogP contribution in [-0.2, 0) is 15.7 Å². The molecule has 0 saturated heterocycles. The zero-order valence-electron chi connectivity index (χ0n) is 15.0. The molecule has 0 aliphatic heterocycles. The molecule has 0 bridgehead atoms. The molecule has 0 spiro atoms. The molecular formula is C19H19F3N2O3. The van der Waals surface area contributed by atoms with Crippen molar-refractivity contribution in [3.63, 3.8) is 0 Å². The zero-order valence-corrected chi connectivity index (χ0v) is 15.0. The summed E-state index contributed by atoms with van der Waals surface area (Å²) in [7, 11) is 3.72. The lowest BCUT2D eigenvalue weighted by Gasteiger charge is -2.15. The van der Waals surface area contributed by atoms with E-state index in [2.05, 4.69) is 5.32 Å². The van der Waals surface area contributed by atoms with Crippen molar-refractivity contribution in [3.8, 4) is 0 Å². The summed E-state index contributed by atoms with van der Waals surface area (Å²) in [4.78, 5) is 26.1. The van der Waals surface area contributed by atoms with Crippen LogP contribution in [0.5, 0.6) is 0 Å². The summed E-state index contributed by atoms with van der Waals surface area (Å²) >= 11 is 0. The van der Waals surface area contributed by atoms with Crippen LogP contribution in [0.2, 0.25) is 0 Å². The van der Waals surface area contributed by atoms with Crippen LogP contribution < -0.4 is 10.2 Å². The predicted octanol–water partition coefficient (Wildman–Crippen LogP) is 3.96. The van der Waals surface area contributed by atoms with Crippen LogP contribution in [0.4, 0.5) is 24.5 Å². The number of carbonyl (C=O) groups excluding carboxylic acids is 2. The third-order valence-corrected chi connectivity index (χ3v) is 3.75. The molecule has 27 heavy (non-hydrogen) atoms. The third-order valence-electron chi connectivity index (χ3n) is 3.75. The maximum atomic E-state index is 12.5. The van der Waals surface area contributed by atoms with E-state index in [9.17, 15) is 22.8 Å². The highest BCUT2D eigenvalue weighted by molar-refractivity contribution is 5.97. The normalized spacial score (nSPS) is 12.2. The largest absolute Gasteiger partial charge is 0.449 e. The van der Waals surface area contributed by atoms with E-state index >= 15 is 0 Å². The lowest BCUT2D eigenvalue weighted by atomic mass is 10.2. The number of nitrogens with one attached hydrogen (secondary N) is 1. The fourth-order valence-corrected chi connectivity index (χ4v) is 2.16. The van der Waals surface area contributed by atoms with Crippen molar-refractivity contribution in [2.24, 2.45) is 0 Å². The van der Waals surface area contributed by atoms with E-state index < -0.39 is 29.7 Å². The Morgan fingerprint density at radius 1 is 1.00 bits per heavy atom. The van der Waals surface area contributed by atoms with E-state index in [-0.39, 0.29) is 11.3 Å². The molecule has 0 unspecified atom stereocenters. The van der Waals surface area contributed by atoms with Gasteiger partial charge in [0.15, 0.2) is 6.10 Å². The molecule has 2 aromatic rings. The first-order valence-corrected chi connectivity index (χ1v) is 8.04. The van der Waals surface area contributed by atoms with Gasteiger partial charge in [-0.15, -0.1) is 0 Å². The Morgan fingerprint density at radius 3 is 2.04 bits per heavy atom. The van der Waals surface area contributed by atoms with Gasteiger partial charge in [-0.05, 0) is 55.5 Å². The average Bonchev–Trinajstić information content (AvgIpc) is 2.61. The van der Waals surface area contributed by atoms with Crippen LogP contribution in [0, 0.1) is 0 Å². The highest BCUT2D eigenvalue weighted by atomic mass is 19.4. The molecule has 2 rings (SSSR count). The fourth-order valence-electron chi connectivity index (χ4n) is 2.16. The number of hydrogen-bond acceptors (Lipinski definition) is 4. The average molecular weight is 380 g/mol. The van der Waals surface area contributed by atoms with Gasteiger partial charge in [0.2, 0.25) is 0 Å². The van der Waals surface area contributed by atoms with Crippen LogP contribution in [-0.4, -0.2) is 32.1 Å². The van der Waals surface area contributed by atoms with Gasteiger partial charge in [-0.25, -0.2) is 4.79 Å². The molecule has 8 heteroatoms. The number of ether oxygens (including phenoxy) is 1. The second-order valence-corrected chi connectivity index (χ2v) is 6.05.